The maximum absolute atomic E-state index is 11.5. The molecule has 0 bridgehead atoms. The first-order valence-electron chi connectivity index (χ1n) is 5.15. The number of carbonyl (C=O) groups excluding carboxylic acids is 1. The number of hydrogen-bond acceptors (Lipinski definition) is 2. The summed E-state index contributed by atoms with van der Waals surface area (Å²) in [6.07, 6.45) is 3.14. The molecule has 0 radical (unpaired) electrons. The molecular weight excluding hydrogens is 262 g/mol. The first-order valence-corrected chi connectivity index (χ1v) is 7.43. The molecule has 4 heteroatoms. The Morgan fingerprint density at radius 1 is 1.57 bits per heavy atom. The van der Waals surface area contributed by atoms with E-state index in [1.807, 2.05) is 18.7 Å². The molecule has 0 saturated carbocycles. The van der Waals surface area contributed by atoms with Crippen LogP contribution in [0.4, 0.5) is 0 Å². The normalized spacial score (nSPS) is 20.4. The van der Waals surface area contributed by atoms with E-state index in [0.29, 0.717) is 5.92 Å². The van der Waals surface area contributed by atoms with E-state index in [9.17, 15) is 4.79 Å². The van der Waals surface area contributed by atoms with Gasteiger partial charge in [0.05, 0.1) is 0 Å². The summed E-state index contributed by atoms with van der Waals surface area (Å²) in [6, 6.07) is 0.250. The third kappa shape index (κ3) is 4.69. The van der Waals surface area contributed by atoms with Gasteiger partial charge in [-0.1, -0.05) is 15.9 Å². The molecule has 2 nitrogen and oxygen atoms in total. The molecule has 0 aromatic carbocycles. The Balaban J connectivity index is 2.18. The summed E-state index contributed by atoms with van der Waals surface area (Å²) in [7, 11) is 0. The molecular formula is C10H18BrNOS. The summed E-state index contributed by atoms with van der Waals surface area (Å²) in [4.78, 5) is 11.5. The lowest BCUT2D eigenvalue weighted by atomic mass is 9.98. The van der Waals surface area contributed by atoms with Gasteiger partial charge in [0, 0.05) is 17.8 Å². The Bertz CT molecular complexity index is 183. The molecule has 1 amide bonds. The smallest absolute Gasteiger partial charge is 0.220 e. The van der Waals surface area contributed by atoms with Crippen LogP contribution in [0, 0.1) is 5.92 Å². The van der Waals surface area contributed by atoms with E-state index in [2.05, 4.69) is 21.2 Å². The van der Waals surface area contributed by atoms with Crippen LogP contribution >= 0.6 is 27.7 Å². The SMILES string of the molecule is CC(CBr)NC(=O)CC1CCSCC1. The van der Waals surface area contributed by atoms with Crippen molar-refractivity contribution in [3.05, 3.63) is 0 Å². The van der Waals surface area contributed by atoms with Crippen LogP contribution in [0.3, 0.4) is 0 Å². The number of rotatable bonds is 4. The zero-order chi connectivity index (χ0) is 10.4. The van der Waals surface area contributed by atoms with E-state index in [0.717, 1.165) is 11.8 Å². The maximum atomic E-state index is 11.5. The van der Waals surface area contributed by atoms with E-state index >= 15 is 0 Å². The van der Waals surface area contributed by atoms with Gasteiger partial charge >= 0.3 is 0 Å². The van der Waals surface area contributed by atoms with E-state index in [1.54, 1.807) is 0 Å². The molecule has 1 unspecified atom stereocenters. The molecule has 1 aliphatic heterocycles. The van der Waals surface area contributed by atoms with Crippen molar-refractivity contribution in [2.45, 2.75) is 32.2 Å². The summed E-state index contributed by atoms with van der Waals surface area (Å²) < 4.78 is 0. The fraction of sp³-hybridized carbons (Fsp3) is 0.900. The first-order chi connectivity index (χ1) is 6.72. The highest BCUT2D eigenvalue weighted by Gasteiger charge is 2.17. The average molecular weight is 280 g/mol. The molecule has 1 aliphatic rings. The molecule has 0 aromatic rings. The fourth-order valence-electron chi connectivity index (χ4n) is 1.59. The molecule has 1 atom stereocenters. The second-order valence-electron chi connectivity index (χ2n) is 3.88. The van der Waals surface area contributed by atoms with E-state index in [1.165, 1.54) is 24.3 Å². The molecule has 1 heterocycles. The summed E-state index contributed by atoms with van der Waals surface area (Å²) in [5.74, 6) is 3.30. The molecule has 0 aliphatic carbocycles. The highest BCUT2D eigenvalue weighted by atomic mass is 79.9. The topological polar surface area (TPSA) is 29.1 Å². The lowest BCUT2D eigenvalue weighted by Crippen LogP contribution is -2.35. The standard InChI is InChI=1S/C10H18BrNOS/c1-8(7-11)12-10(13)6-9-2-4-14-5-3-9/h8-9H,2-7H2,1H3,(H,12,13). The minimum Gasteiger partial charge on any atom is -0.353 e. The van der Waals surface area contributed by atoms with Crippen LogP contribution in [0.2, 0.25) is 0 Å². The van der Waals surface area contributed by atoms with Gasteiger partial charge in [0.25, 0.3) is 0 Å². The quantitative estimate of drug-likeness (QED) is 0.801. The molecule has 1 rings (SSSR count). The minimum atomic E-state index is 0.217. The Morgan fingerprint density at radius 2 is 2.21 bits per heavy atom. The summed E-state index contributed by atoms with van der Waals surface area (Å²) >= 11 is 5.36. The van der Waals surface area contributed by atoms with Gasteiger partial charge in [-0.15, -0.1) is 0 Å². The number of hydrogen-bond donors (Lipinski definition) is 1. The van der Waals surface area contributed by atoms with E-state index in [-0.39, 0.29) is 11.9 Å². The van der Waals surface area contributed by atoms with E-state index in [4.69, 9.17) is 0 Å². The predicted octanol–water partition coefficient (Wildman–Crippen LogP) is 2.42. The Morgan fingerprint density at radius 3 is 2.79 bits per heavy atom. The highest BCUT2D eigenvalue weighted by molar-refractivity contribution is 9.09. The van der Waals surface area contributed by atoms with Crippen molar-refractivity contribution in [1.29, 1.82) is 0 Å². The number of thioether (sulfide) groups is 1. The van der Waals surface area contributed by atoms with E-state index < -0.39 is 0 Å². The average Bonchev–Trinajstić information content (AvgIpc) is 2.19. The van der Waals surface area contributed by atoms with Crippen LogP contribution in [0.1, 0.15) is 26.2 Å². The second-order valence-corrected chi connectivity index (χ2v) is 5.75. The maximum Gasteiger partial charge on any atom is 0.220 e. The largest absolute Gasteiger partial charge is 0.353 e. The van der Waals surface area contributed by atoms with Crippen LogP contribution in [-0.2, 0) is 4.79 Å². The molecule has 1 fully saturated rings. The van der Waals surface area contributed by atoms with Gasteiger partial charge in [-0.2, -0.15) is 11.8 Å². The van der Waals surface area contributed by atoms with Gasteiger partial charge in [0.1, 0.15) is 0 Å². The molecule has 82 valence electrons. The number of carbonyl (C=O) groups is 1. The number of amides is 1. The third-order valence-electron chi connectivity index (χ3n) is 2.45. The van der Waals surface area contributed by atoms with Crippen molar-refractivity contribution >= 4 is 33.6 Å². The van der Waals surface area contributed by atoms with Gasteiger partial charge in [-0.05, 0) is 37.2 Å². The van der Waals surface area contributed by atoms with Gasteiger partial charge < -0.3 is 5.32 Å². The van der Waals surface area contributed by atoms with Crippen LogP contribution in [-0.4, -0.2) is 28.8 Å². The zero-order valence-corrected chi connectivity index (χ0v) is 11.0. The Labute approximate surface area is 98.7 Å². The predicted molar refractivity (Wildman–Crippen MR) is 66.1 cm³/mol. The van der Waals surface area contributed by atoms with Gasteiger partial charge in [-0.3, -0.25) is 4.79 Å². The van der Waals surface area contributed by atoms with Crippen LogP contribution in [0.5, 0.6) is 0 Å². The monoisotopic (exact) mass is 279 g/mol. The Kier molecular flexibility index (Phi) is 5.94. The number of nitrogens with one attached hydrogen (secondary N) is 1. The summed E-state index contributed by atoms with van der Waals surface area (Å²) in [6.45, 7) is 2.02. The first kappa shape index (κ1) is 12.4. The van der Waals surface area contributed by atoms with Crippen molar-refractivity contribution in [2.75, 3.05) is 16.8 Å². The van der Waals surface area contributed by atoms with Gasteiger partial charge in [0.15, 0.2) is 0 Å². The van der Waals surface area contributed by atoms with Crippen molar-refractivity contribution < 1.29 is 4.79 Å². The van der Waals surface area contributed by atoms with Gasteiger partial charge in [-0.25, -0.2) is 0 Å². The zero-order valence-electron chi connectivity index (χ0n) is 8.59. The number of halogens is 1. The fourth-order valence-corrected chi connectivity index (χ4v) is 2.95. The summed E-state index contributed by atoms with van der Waals surface area (Å²) in [5, 5.41) is 3.82. The minimum absolute atomic E-state index is 0.217. The molecule has 1 saturated heterocycles. The summed E-state index contributed by atoms with van der Waals surface area (Å²) in [5.41, 5.74) is 0. The van der Waals surface area contributed by atoms with Crippen molar-refractivity contribution in [3.63, 3.8) is 0 Å². The second kappa shape index (κ2) is 6.72. The molecule has 0 spiro atoms. The lowest BCUT2D eigenvalue weighted by molar-refractivity contribution is -0.122. The van der Waals surface area contributed by atoms with Crippen LogP contribution < -0.4 is 5.32 Å². The van der Waals surface area contributed by atoms with Crippen LogP contribution in [0.25, 0.3) is 0 Å². The van der Waals surface area contributed by atoms with Crippen LogP contribution in [0.15, 0.2) is 0 Å². The van der Waals surface area contributed by atoms with Gasteiger partial charge in [0.2, 0.25) is 5.91 Å². The van der Waals surface area contributed by atoms with Crippen molar-refractivity contribution in [2.24, 2.45) is 5.92 Å². The molecule has 0 aromatic heterocycles. The molecule has 1 N–H and O–H groups in total. The lowest BCUT2D eigenvalue weighted by Gasteiger charge is -2.21. The number of alkyl halides is 1. The third-order valence-corrected chi connectivity index (χ3v) is 4.47. The Hall–Kier alpha value is 0.300. The highest BCUT2D eigenvalue weighted by Crippen LogP contribution is 2.25. The van der Waals surface area contributed by atoms with Crippen molar-refractivity contribution in [3.8, 4) is 0 Å². The molecule has 14 heavy (non-hydrogen) atoms. The van der Waals surface area contributed by atoms with Crippen molar-refractivity contribution in [1.82, 2.24) is 5.32 Å².